The number of fused-ring (bicyclic) bond motifs is 5. The molecule has 11 atom stereocenters. The van der Waals surface area contributed by atoms with Gasteiger partial charge < -0.3 is 14.2 Å². The molecule has 0 aromatic heterocycles. The lowest BCUT2D eigenvalue weighted by Gasteiger charge is -2.60. The lowest BCUT2D eigenvalue weighted by Crippen LogP contribution is -2.58. The van der Waals surface area contributed by atoms with Gasteiger partial charge in [-0.25, -0.2) is 0 Å². The molecule has 5 aliphatic rings. The Labute approximate surface area is 239 Å². The van der Waals surface area contributed by atoms with Crippen LogP contribution >= 0.6 is 0 Å². The number of carbonyl (C=O) groups is 4. The first kappa shape index (κ1) is 29.3. The number of Topliss-reactive ketones (excluding diaryl/α,β-unsaturated/α-hetero) is 2. The van der Waals surface area contributed by atoms with Crippen LogP contribution < -0.4 is 0 Å². The van der Waals surface area contributed by atoms with Crippen LogP contribution in [0.1, 0.15) is 99.8 Å². The fraction of sp³-hybridized carbons (Fsp3) is 0.818. The molecule has 0 radical (unpaired) electrons. The van der Waals surface area contributed by atoms with E-state index in [4.69, 9.17) is 14.2 Å². The largest absolute Gasteiger partial charge is 0.498 e. The number of ketones is 2. The molecule has 0 saturated heterocycles. The van der Waals surface area contributed by atoms with E-state index in [9.17, 15) is 19.2 Å². The molecule has 222 valence electrons. The van der Waals surface area contributed by atoms with Crippen molar-refractivity contribution in [1.82, 2.24) is 0 Å². The van der Waals surface area contributed by atoms with E-state index in [0.29, 0.717) is 43.5 Å². The molecule has 4 aliphatic carbocycles. The molecule has 1 heterocycles. The zero-order chi connectivity index (χ0) is 29.1. The number of hydrogen-bond acceptors (Lipinski definition) is 7. The molecule has 0 aromatic rings. The molecule has 4 fully saturated rings. The van der Waals surface area contributed by atoms with E-state index in [0.717, 1.165) is 37.7 Å². The van der Waals surface area contributed by atoms with Crippen LogP contribution in [-0.4, -0.2) is 42.3 Å². The summed E-state index contributed by atoms with van der Waals surface area (Å²) in [6.45, 7) is 13.8. The lowest BCUT2D eigenvalue weighted by atomic mass is 9.44. The Morgan fingerprint density at radius 2 is 1.68 bits per heavy atom. The van der Waals surface area contributed by atoms with Gasteiger partial charge in [-0.2, -0.15) is 0 Å². The minimum Gasteiger partial charge on any atom is -0.498 e. The van der Waals surface area contributed by atoms with Gasteiger partial charge in [-0.15, -0.1) is 0 Å². The summed E-state index contributed by atoms with van der Waals surface area (Å²) in [6, 6.07) is 0. The van der Waals surface area contributed by atoms with Gasteiger partial charge >= 0.3 is 11.9 Å². The molecule has 0 amide bonds. The Hall–Kier alpha value is -2.18. The zero-order valence-corrected chi connectivity index (χ0v) is 25.4. The number of hydrogen-bond donors (Lipinski definition) is 0. The van der Waals surface area contributed by atoms with Crippen LogP contribution in [0.15, 0.2) is 11.3 Å². The van der Waals surface area contributed by atoms with Crippen LogP contribution in [-0.2, 0) is 33.4 Å². The van der Waals surface area contributed by atoms with Gasteiger partial charge in [0.1, 0.15) is 18.0 Å². The van der Waals surface area contributed by atoms with Crippen molar-refractivity contribution in [2.24, 2.45) is 52.3 Å². The fourth-order valence-electron chi connectivity index (χ4n) is 10.1. The maximum absolute atomic E-state index is 14.4. The second-order valence-electron chi connectivity index (χ2n) is 14.3. The molecule has 4 saturated carbocycles. The number of carbonyl (C=O) groups excluding carboxylic acids is 4. The first-order valence-electron chi connectivity index (χ1n) is 15.5. The summed E-state index contributed by atoms with van der Waals surface area (Å²) in [5, 5.41) is 0. The van der Waals surface area contributed by atoms with Crippen LogP contribution in [0.5, 0.6) is 0 Å². The summed E-state index contributed by atoms with van der Waals surface area (Å²) in [7, 11) is 0. The van der Waals surface area contributed by atoms with E-state index in [2.05, 4.69) is 20.8 Å². The average molecular weight is 557 g/mol. The molecule has 0 aromatic carbocycles. The third kappa shape index (κ3) is 4.73. The second-order valence-corrected chi connectivity index (χ2v) is 14.3. The summed E-state index contributed by atoms with van der Waals surface area (Å²) < 4.78 is 17.4. The molecular weight excluding hydrogens is 508 g/mol. The molecule has 1 aliphatic heterocycles. The number of ether oxygens (including phenoxy) is 3. The highest BCUT2D eigenvalue weighted by Gasteiger charge is 2.67. The van der Waals surface area contributed by atoms with Gasteiger partial charge in [0.25, 0.3) is 0 Å². The van der Waals surface area contributed by atoms with Crippen molar-refractivity contribution in [2.45, 2.75) is 112 Å². The van der Waals surface area contributed by atoms with Crippen molar-refractivity contribution in [2.75, 3.05) is 6.61 Å². The lowest BCUT2D eigenvalue weighted by molar-refractivity contribution is -0.168. The quantitative estimate of drug-likeness (QED) is 0.393. The maximum atomic E-state index is 14.4. The topological polar surface area (TPSA) is 96.0 Å². The van der Waals surface area contributed by atoms with E-state index >= 15 is 0 Å². The van der Waals surface area contributed by atoms with Crippen LogP contribution in [0, 0.1) is 52.3 Å². The Morgan fingerprint density at radius 1 is 0.975 bits per heavy atom. The molecule has 5 rings (SSSR count). The third-order valence-corrected chi connectivity index (χ3v) is 12.0. The van der Waals surface area contributed by atoms with Gasteiger partial charge in [0.15, 0.2) is 5.78 Å². The van der Waals surface area contributed by atoms with Crippen molar-refractivity contribution in [1.29, 1.82) is 0 Å². The van der Waals surface area contributed by atoms with Crippen LogP contribution in [0.3, 0.4) is 0 Å². The average Bonchev–Trinajstić information content (AvgIpc) is 3.17. The first-order valence-corrected chi connectivity index (χ1v) is 15.5. The van der Waals surface area contributed by atoms with Crippen molar-refractivity contribution in [3.05, 3.63) is 11.3 Å². The molecule has 0 spiro atoms. The predicted octanol–water partition coefficient (Wildman–Crippen LogP) is 5.83. The highest BCUT2D eigenvalue weighted by atomic mass is 16.5. The monoisotopic (exact) mass is 556 g/mol. The Morgan fingerprint density at radius 3 is 2.35 bits per heavy atom. The van der Waals surface area contributed by atoms with E-state index in [1.165, 1.54) is 13.8 Å². The SMILES string of the molecule is CC(=O)O[C@H]1CC[C@]2(C)C3CC(=O)[C@@]4(C)C(C[C@H](OC(C)=O)C4[C@H](C)C(=O)C4=C(C)OC[C@H](C)C4)C3CC[C@H]2C1. The first-order chi connectivity index (χ1) is 18.8. The molecule has 7 heteroatoms. The van der Waals surface area contributed by atoms with Crippen LogP contribution in [0.25, 0.3) is 0 Å². The van der Waals surface area contributed by atoms with E-state index in [1.54, 1.807) is 0 Å². The van der Waals surface area contributed by atoms with Gasteiger partial charge in [-0.3, -0.25) is 19.2 Å². The molecule has 7 nitrogen and oxygen atoms in total. The zero-order valence-electron chi connectivity index (χ0n) is 25.4. The molecule has 0 bridgehead atoms. The van der Waals surface area contributed by atoms with Crippen LogP contribution in [0.2, 0.25) is 0 Å². The highest BCUT2D eigenvalue weighted by Crippen LogP contribution is 2.67. The minimum absolute atomic E-state index is 0.0184. The van der Waals surface area contributed by atoms with E-state index < -0.39 is 17.4 Å². The summed E-state index contributed by atoms with van der Waals surface area (Å²) in [6.07, 6.45) is 6.05. The number of allylic oxidation sites excluding steroid dienone is 2. The highest BCUT2D eigenvalue weighted by molar-refractivity contribution is 5.98. The molecular formula is C33H48O7. The summed E-state index contributed by atoms with van der Waals surface area (Å²) in [5.74, 6) is 0.915. The molecule has 0 N–H and O–H groups in total. The fourth-order valence-corrected chi connectivity index (χ4v) is 10.1. The Kier molecular flexibility index (Phi) is 7.76. The summed E-state index contributed by atoms with van der Waals surface area (Å²) >= 11 is 0. The predicted molar refractivity (Wildman–Crippen MR) is 149 cm³/mol. The van der Waals surface area contributed by atoms with Crippen molar-refractivity contribution < 1.29 is 33.4 Å². The third-order valence-electron chi connectivity index (χ3n) is 12.0. The Bertz CT molecular complexity index is 1110. The van der Waals surface area contributed by atoms with E-state index in [-0.39, 0.29) is 58.7 Å². The van der Waals surface area contributed by atoms with Gasteiger partial charge in [-0.05, 0) is 86.9 Å². The van der Waals surface area contributed by atoms with Gasteiger partial charge in [0, 0.05) is 43.1 Å². The maximum Gasteiger partial charge on any atom is 0.302 e. The minimum atomic E-state index is -0.718. The van der Waals surface area contributed by atoms with Crippen molar-refractivity contribution in [3.63, 3.8) is 0 Å². The second kappa shape index (κ2) is 10.6. The van der Waals surface area contributed by atoms with Crippen molar-refractivity contribution in [3.8, 4) is 0 Å². The normalized spacial score (nSPS) is 43.5. The van der Waals surface area contributed by atoms with Crippen LogP contribution in [0.4, 0.5) is 0 Å². The summed E-state index contributed by atoms with van der Waals surface area (Å²) in [4.78, 5) is 52.3. The van der Waals surface area contributed by atoms with Gasteiger partial charge in [0.2, 0.25) is 0 Å². The van der Waals surface area contributed by atoms with Gasteiger partial charge in [0.05, 0.1) is 12.4 Å². The molecule has 4 unspecified atom stereocenters. The van der Waals surface area contributed by atoms with Crippen molar-refractivity contribution >= 4 is 23.5 Å². The van der Waals surface area contributed by atoms with E-state index in [1.807, 2.05) is 13.8 Å². The number of esters is 2. The van der Waals surface area contributed by atoms with Gasteiger partial charge in [-0.1, -0.05) is 27.7 Å². The smallest absolute Gasteiger partial charge is 0.302 e. The standard InChI is InChI=1S/C33H48O7/c1-17-12-25(19(3)38-16-17)31(37)18(2)30-28(40-21(5)35)14-27-24-9-8-22-13-23(39-20(4)34)10-11-32(22,6)26(24)15-29(36)33(27,30)7/h17-18,22-24,26-28,30H,8-16H2,1-7H3/t17-,18+,22+,23+,24?,26?,27?,28+,30?,32+,33-/m1/s1. The Balaban J connectivity index is 1.45. The summed E-state index contributed by atoms with van der Waals surface area (Å²) in [5.41, 5.74) is 0.0211. The molecule has 40 heavy (non-hydrogen) atoms. The number of rotatable bonds is 5.